The van der Waals surface area contributed by atoms with Crippen LogP contribution in [-0.2, 0) is 0 Å². The summed E-state index contributed by atoms with van der Waals surface area (Å²) < 4.78 is 0. The van der Waals surface area contributed by atoms with Gasteiger partial charge < -0.3 is 10.6 Å². The quantitative estimate of drug-likeness (QED) is 0.871. The van der Waals surface area contributed by atoms with Crippen molar-refractivity contribution < 1.29 is 4.79 Å². The largest absolute Gasteiger partial charge is 0.338 e. The topological polar surface area (TPSA) is 72.1 Å². The van der Waals surface area contributed by atoms with Crippen LogP contribution < -0.4 is 5.73 Å². The zero-order valence-corrected chi connectivity index (χ0v) is 10.6. The smallest absolute Gasteiger partial charge is 0.253 e. The van der Waals surface area contributed by atoms with Gasteiger partial charge in [0.05, 0.1) is 11.0 Å². The second-order valence-corrected chi connectivity index (χ2v) is 4.90. The van der Waals surface area contributed by atoms with Crippen LogP contribution in [0, 0.1) is 5.92 Å². The van der Waals surface area contributed by atoms with Crippen molar-refractivity contribution in [3.8, 4) is 0 Å². The Morgan fingerprint density at radius 2 is 2.11 bits per heavy atom. The number of amides is 1. The van der Waals surface area contributed by atoms with Gasteiger partial charge in [-0.3, -0.25) is 14.8 Å². The van der Waals surface area contributed by atoms with Crippen molar-refractivity contribution in [3.05, 3.63) is 36.2 Å². The van der Waals surface area contributed by atoms with E-state index in [1.54, 1.807) is 18.5 Å². The van der Waals surface area contributed by atoms with Gasteiger partial charge in [-0.25, -0.2) is 0 Å². The molecule has 1 fully saturated rings. The Labute approximate surface area is 111 Å². The molecule has 1 amide bonds. The van der Waals surface area contributed by atoms with Crippen molar-refractivity contribution >= 4 is 16.9 Å². The molecular weight excluding hydrogens is 240 g/mol. The zero-order chi connectivity index (χ0) is 13.2. The third kappa shape index (κ3) is 2.29. The summed E-state index contributed by atoms with van der Waals surface area (Å²) in [5, 5.41) is 0. The highest BCUT2D eigenvalue weighted by atomic mass is 16.2. The standard InChI is InChI=1S/C14H16N4O/c15-8-10-3-6-18(9-10)14(19)11-1-2-12-13(7-11)17-5-4-16-12/h1-2,4-5,7,10H,3,6,8-9,15H2. The predicted octanol–water partition coefficient (Wildman–Crippen LogP) is 1.05. The Hall–Kier alpha value is -2.01. The first-order valence-electron chi connectivity index (χ1n) is 6.48. The van der Waals surface area contributed by atoms with Crippen LogP contribution in [0.2, 0.25) is 0 Å². The van der Waals surface area contributed by atoms with Gasteiger partial charge in [-0.2, -0.15) is 0 Å². The first-order chi connectivity index (χ1) is 9.28. The molecule has 0 radical (unpaired) electrons. The average Bonchev–Trinajstić information content (AvgIpc) is 2.95. The van der Waals surface area contributed by atoms with Crippen molar-refractivity contribution in [2.75, 3.05) is 19.6 Å². The Balaban J connectivity index is 1.85. The molecule has 0 bridgehead atoms. The van der Waals surface area contributed by atoms with E-state index in [2.05, 4.69) is 9.97 Å². The summed E-state index contributed by atoms with van der Waals surface area (Å²) in [4.78, 5) is 22.7. The molecule has 2 aromatic rings. The lowest BCUT2D eigenvalue weighted by atomic mass is 10.1. The van der Waals surface area contributed by atoms with E-state index in [4.69, 9.17) is 5.73 Å². The van der Waals surface area contributed by atoms with Crippen LogP contribution in [0.5, 0.6) is 0 Å². The highest BCUT2D eigenvalue weighted by Crippen LogP contribution is 2.19. The minimum atomic E-state index is 0.0588. The lowest BCUT2D eigenvalue weighted by Gasteiger charge is -2.16. The Morgan fingerprint density at radius 1 is 1.32 bits per heavy atom. The summed E-state index contributed by atoms with van der Waals surface area (Å²) in [7, 11) is 0. The fourth-order valence-corrected chi connectivity index (χ4v) is 2.49. The molecule has 0 saturated carbocycles. The maximum absolute atomic E-state index is 12.4. The first-order valence-corrected chi connectivity index (χ1v) is 6.48. The van der Waals surface area contributed by atoms with Gasteiger partial charge in [0, 0.05) is 31.0 Å². The van der Waals surface area contributed by atoms with Crippen molar-refractivity contribution in [2.45, 2.75) is 6.42 Å². The summed E-state index contributed by atoms with van der Waals surface area (Å²) in [5.41, 5.74) is 7.88. The van der Waals surface area contributed by atoms with Crippen molar-refractivity contribution in [1.82, 2.24) is 14.9 Å². The SMILES string of the molecule is NCC1CCN(C(=O)c2ccc3nccnc3c2)C1. The summed E-state index contributed by atoms with van der Waals surface area (Å²) in [6.45, 7) is 2.19. The number of carbonyl (C=O) groups excluding carboxylic acids is 1. The molecule has 1 aliphatic rings. The molecule has 19 heavy (non-hydrogen) atoms. The Bertz CT molecular complexity index is 613. The van der Waals surface area contributed by atoms with Gasteiger partial charge in [0.15, 0.2) is 0 Å². The van der Waals surface area contributed by atoms with Gasteiger partial charge in [-0.15, -0.1) is 0 Å². The second-order valence-electron chi connectivity index (χ2n) is 4.90. The normalized spacial score (nSPS) is 19.0. The number of nitrogens with two attached hydrogens (primary N) is 1. The fourth-order valence-electron chi connectivity index (χ4n) is 2.49. The van der Waals surface area contributed by atoms with Gasteiger partial charge in [-0.05, 0) is 37.1 Å². The molecule has 2 N–H and O–H groups in total. The van der Waals surface area contributed by atoms with Crippen LogP contribution in [0.1, 0.15) is 16.8 Å². The molecule has 1 unspecified atom stereocenters. The van der Waals surface area contributed by atoms with Gasteiger partial charge in [0.1, 0.15) is 0 Å². The number of rotatable bonds is 2. The molecule has 1 atom stereocenters. The predicted molar refractivity (Wildman–Crippen MR) is 72.6 cm³/mol. The summed E-state index contributed by atoms with van der Waals surface area (Å²) in [6, 6.07) is 5.46. The molecule has 1 aromatic carbocycles. The molecule has 1 saturated heterocycles. The number of hydrogen-bond acceptors (Lipinski definition) is 4. The highest BCUT2D eigenvalue weighted by molar-refractivity contribution is 5.97. The Morgan fingerprint density at radius 3 is 2.84 bits per heavy atom. The van der Waals surface area contributed by atoms with Crippen molar-refractivity contribution in [1.29, 1.82) is 0 Å². The fraction of sp³-hybridized carbons (Fsp3) is 0.357. The third-order valence-corrected chi connectivity index (χ3v) is 3.62. The van der Waals surface area contributed by atoms with Gasteiger partial charge in [0.2, 0.25) is 0 Å². The Kier molecular flexibility index (Phi) is 3.13. The molecule has 5 heteroatoms. The number of nitrogens with zero attached hydrogens (tertiary/aromatic N) is 3. The second kappa shape index (κ2) is 4.93. The monoisotopic (exact) mass is 256 g/mol. The first kappa shape index (κ1) is 12.0. The number of hydrogen-bond donors (Lipinski definition) is 1. The van der Waals surface area contributed by atoms with E-state index in [0.29, 0.717) is 18.0 Å². The van der Waals surface area contributed by atoms with Crippen LogP contribution in [-0.4, -0.2) is 40.4 Å². The zero-order valence-electron chi connectivity index (χ0n) is 10.6. The number of likely N-dealkylation sites (tertiary alicyclic amines) is 1. The minimum absolute atomic E-state index is 0.0588. The summed E-state index contributed by atoms with van der Waals surface area (Å²) in [5.74, 6) is 0.493. The van der Waals surface area contributed by atoms with Crippen LogP contribution in [0.4, 0.5) is 0 Å². The van der Waals surface area contributed by atoms with E-state index in [1.165, 1.54) is 0 Å². The molecule has 98 valence electrons. The molecule has 0 aliphatic carbocycles. The van der Waals surface area contributed by atoms with E-state index in [9.17, 15) is 4.79 Å². The van der Waals surface area contributed by atoms with E-state index in [0.717, 1.165) is 30.5 Å². The molecule has 1 aliphatic heterocycles. The third-order valence-electron chi connectivity index (χ3n) is 3.62. The van der Waals surface area contributed by atoms with Crippen LogP contribution in [0.15, 0.2) is 30.6 Å². The maximum atomic E-state index is 12.4. The molecule has 1 aromatic heterocycles. The number of aromatic nitrogens is 2. The number of carbonyl (C=O) groups is 1. The molecular formula is C14H16N4O. The van der Waals surface area contributed by atoms with Crippen LogP contribution >= 0.6 is 0 Å². The number of benzene rings is 1. The van der Waals surface area contributed by atoms with E-state index >= 15 is 0 Å². The highest BCUT2D eigenvalue weighted by Gasteiger charge is 2.26. The van der Waals surface area contributed by atoms with Crippen molar-refractivity contribution in [3.63, 3.8) is 0 Å². The lowest BCUT2D eigenvalue weighted by Crippen LogP contribution is -2.29. The van der Waals surface area contributed by atoms with E-state index in [1.807, 2.05) is 17.0 Å². The van der Waals surface area contributed by atoms with E-state index in [-0.39, 0.29) is 5.91 Å². The van der Waals surface area contributed by atoms with Gasteiger partial charge in [0.25, 0.3) is 5.91 Å². The average molecular weight is 256 g/mol. The van der Waals surface area contributed by atoms with Crippen LogP contribution in [0.3, 0.4) is 0 Å². The number of fused-ring (bicyclic) bond motifs is 1. The molecule has 3 rings (SSSR count). The lowest BCUT2D eigenvalue weighted by molar-refractivity contribution is 0.0788. The molecule has 0 spiro atoms. The summed E-state index contributed by atoms with van der Waals surface area (Å²) in [6.07, 6.45) is 4.28. The maximum Gasteiger partial charge on any atom is 0.253 e. The summed E-state index contributed by atoms with van der Waals surface area (Å²) >= 11 is 0. The molecule has 5 nitrogen and oxygen atoms in total. The van der Waals surface area contributed by atoms with Gasteiger partial charge >= 0.3 is 0 Å². The minimum Gasteiger partial charge on any atom is -0.338 e. The van der Waals surface area contributed by atoms with Crippen molar-refractivity contribution in [2.24, 2.45) is 11.7 Å². The molecule has 2 heterocycles. The van der Waals surface area contributed by atoms with Gasteiger partial charge in [-0.1, -0.05) is 0 Å². The van der Waals surface area contributed by atoms with E-state index < -0.39 is 0 Å². The van der Waals surface area contributed by atoms with Crippen LogP contribution in [0.25, 0.3) is 11.0 Å².